The molecule has 0 unspecified atom stereocenters. The van der Waals surface area contributed by atoms with E-state index >= 15 is 0 Å². The second kappa shape index (κ2) is 17.0. The maximum Gasteiger partial charge on any atom is 0.315 e. The van der Waals surface area contributed by atoms with Crippen molar-refractivity contribution in [3.8, 4) is 11.1 Å². The van der Waals surface area contributed by atoms with Crippen LogP contribution in [0.5, 0.6) is 0 Å². The van der Waals surface area contributed by atoms with E-state index in [1.54, 1.807) is 0 Å². The largest absolute Gasteiger partial charge is 0.392 e. The molecule has 1 aliphatic heterocycles. The number of amides is 2. The van der Waals surface area contributed by atoms with Crippen molar-refractivity contribution in [1.82, 2.24) is 15.5 Å². The monoisotopic (exact) mass is 761 g/mol. The first kappa shape index (κ1) is 37.8. The van der Waals surface area contributed by atoms with Crippen LogP contribution >= 0.6 is 0 Å². The highest BCUT2D eigenvalue weighted by molar-refractivity contribution is 5.75. The van der Waals surface area contributed by atoms with Crippen molar-refractivity contribution in [3.05, 3.63) is 167 Å². The predicted octanol–water partition coefficient (Wildman–Crippen LogP) is 9.86. The summed E-state index contributed by atoms with van der Waals surface area (Å²) < 4.78 is 13.6. The number of nitrogens with zero attached hydrogens (tertiary/aromatic N) is 1. The van der Waals surface area contributed by atoms with Crippen LogP contribution in [0.2, 0.25) is 0 Å². The van der Waals surface area contributed by atoms with Crippen molar-refractivity contribution in [2.45, 2.75) is 95.2 Å². The molecule has 5 aliphatic rings. The summed E-state index contributed by atoms with van der Waals surface area (Å²) in [4.78, 5) is 15.6. The van der Waals surface area contributed by atoms with Gasteiger partial charge in [0.05, 0.1) is 18.8 Å². The van der Waals surface area contributed by atoms with Crippen LogP contribution in [0, 0.1) is 17.8 Å². The van der Waals surface area contributed by atoms with E-state index in [4.69, 9.17) is 9.47 Å². The van der Waals surface area contributed by atoms with E-state index in [1.165, 1.54) is 30.4 Å². The smallest absolute Gasteiger partial charge is 0.315 e. The van der Waals surface area contributed by atoms with Crippen LogP contribution in [-0.2, 0) is 35.7 Å². The summed E-state index contributed by atoms with van der Waals surface area (Å²) >= 11 is 0. The number of carbonyl (C=O) groups excluding carboxylic acids is 1. The summed E-state index contributed by atoms with van der Waals surface area (Å²) in [6.07, 6.45) is 7.46. The minimum absolute atomic E-state index is 0.00245. The summed E-state index contributed by atoms with van der Waals surface area (Å²) in [6, 6.07) is 46.3. The first-order valence-electron chi connectivity index (χ1n) is 21.0. The second-order valence-corrected chi connectivity index (χ2v) is 17.3. The lowest BCUT2D eigenvalue weighted by molar-refractivity contribution is -0.253. The molecule has 5 aromatic rings. The molecule has 7 heteroatoms. The average Bonchev–Trinajstić information content (AvgIpc) is 3.23. The van der Waals surface area contributed by atoms with Crippen molar-refractivity contribution in [2.75, 3.05) is 6.54 Å². The zero-order chi connectivity index (χ0) is 38.6. The van der Waals surface area contributed by atoms with E-state index in [-0.39, 0.29) is 30.4 Å². The molecule has 2 amide bonds. The van der Waals surface area contributed by atoms with Crippen LogP contribution in [0.3, 0.4) is 0 Å². The number of rotatable bonds is 13. The number of hydrogen-bond donors (Lipinski definition) is 3. The summed E-state index contributed by atoms with van der Waals surface area (Å²) in [6.45, 7) is 2.87. The van der Waals surface area contributed by atoms with Gasteiger partial charge in [0.1, 0.15) is 0 Å². The lowest BCUT2D eigenvalue weighted by Crippen LogP contribution is -2.61. The molecule has 5 aromatic carbocycles. The van der Waals surface area contributed by atoms with Gasteiger partial charge in [-0.2, -0.15) is 0 Å². The van der Waals surface area contributed by atoms with Crippen molar-refractivity contribution in [2.24, 2.45) is 17.8 Å². The molecule has 3 atom stereocenters. The van der Waals surface area contributed by atoms with Gasteiger partial charge in [0.15, 0.2) is 6.29 Å². The zero-order valence-corrected chi connectivity index (χ0v) is 32.8. The number of benzene rings is 5. The topological polar surface area (TPSA) is 83.1 Å². The third-order valence-electron chi connectivity index (χ3n) is 12.9. The molecular weight excluding hydrogens is 707 g/mol. The maximum absolute atomic E-state index is 13.2. The quantitative estimate of drug-likeness (QED) is 0.111. The number of ether oxygens (including phenoxy) is 2. The highest BCUT2D eigenvalue weighted by atomic mass is 16.7. The van der Waals surface area contributed by atoms with Crippen molar-refractivity contribution in [3.63, 3.8) is 0 Å². The van der Waals surface area contributed by atoms with Crippen LogP contribution < -0.4 is 10.6 Å². The number of urea groups is 1. The fraction of sp³-hybridized carbons (Fsp3) is 0.380. The van der Waals surface area contributed by atoms with Crippen molar-refractivity contribution in [1.29, 1.82) is 0 Å². The molecule has 5 fully saturated rings. The third kappa shape index (κ3) is 9.18. The molecule has 0 spiro atoms. The minimum Gasteiger partial charge on any atom is -0.392 e. The fourth-order valence-electron chi connectivity index (χ4n) is 10.6. The number of hydrogen-bond acceptors (Lipinski definition) is 5. The second-order valence-electron chi connectivity index (χ2n) is 17.3. The molecule has 0 radical (unpaired) electrons. The standard InChI is InChI=1S/C50H55N3O4/c54-34-37-14-16-43(17-15-37)47-26-46(33-53(31-35-8-3-1-4-9-35)32-36-10-5-2-6-11-36)56-48(57-47)44-20-18-42(19-21-44)45-13-7-12-38(25-45)30-51-49(55)52-50-27-39-22-40(28-50)24-41(23-39)29-50/h1-21,25,39-41,46-48,54H,22-24,26-34H2,(H2,51,52,55)/t39?,40?,41?,46-,47+,48+,50?/m0/s1. The Labute approximate surface area is 337 Å². The van der Waals surface area contributed by atoms with Crippen molar-refractivity contribution < 1.29 is 19.4 Å². The summed E-state index contributed by atoms with van der Waals surface area (Å²) in [5.41, 5.74) is 8.74. The van der Waals surface area contributed by atoms with Gasteiger partial charge < -0.3 is 25.2 Å². The predicted molar refractivity (Wildman–Crippen MR) is 224 cm³/mol. The summed E-state index contributed by atoms with van der Waals surface area (Å²) in [5, 5.41) is 16.3. The molecule has 7 nitrogen and oxygen atoms in total. The van der Waals surface area contributed by atoms with E-state index < -0.39 is 6.29 Å². The Kier molecular flexibility index (Phi) is 11.2. The van der Waals surface area contributed by atoms with E-state index in [2.05, 4.69) is 137 Å². The lowest BCUT2D eigenvalue weighted by atomic mass is 9.53. The molecule has 10 rings (SSSR count). The first-order chi connectivity index (χ1) is 27.9. The first-order valence-corrected chi connectivity index (χ1v) is 21.0. The van der Waals surface area contributed by atoms with Crippen LogP contribution in [0.1, 0.15) is 90.7 Å². The molecule has 1 heterocycles. The van der Waals surface area contributed by atoms with Gasteiger partial charge in [-0.15, -0.1) is 0 Å². The Balaban J connectivity index is 0.887. The molecule has 294 valence electrons. The molecule has 3 N–H and O–H groups in total. The molecule has 4 bridgehead atoms. The molecule has 0 aromatic heterocycles. The Morgan fingerprint density at radius 2 is 1.23 bits per heavy atom. The zero-order valence-electron chi connectivity index (χ0n) is 32.8. The number of aliphatic hydroxyl groups excluding tert-OH is 1. The lowest BCUT2D eigenvalue weighted by Gasteiger charge is -2.56. The van der Waals surface area contributed by atoms with Crippen LogP contribution in [0.25, 0.3) is 11.1 Å². The van der Waals surface area contributed by atoms with Crippen molar-refractivity contribution >= 4 is 6.03 Å². The molecule has 4 saturated carbocycles. The molecule has 4 aliphatic carbocycles. The van der Waals surface area contributed by atoms with Gasteiger partial charge in [-0.05, 0) is 101 Å². The van der Waals surface area contributed by atoms with Gasteiger partial charge in [0, 0.05) is 43.7 Å². The Hall–Kier alpha value is -4.79. The molecule has 1 saturated heterocycles. The van der Waals surface area contributed by atoms with E-state index in [9.17, 15) is 9.90 Å². The van der Waals surface area contributed by atoms with Gasteiger partial charge in [-0.3, -0.25) is 4.90 Å². The van der Waals surface area contributed by atoms with Gasteiger partial charge in [0.25, 0.3) is 0 Å². The van der Waals surface area contributed by atoms with Crippen LogP contribution in [0.15, 0.2) is 133 Å². The fourth-order valence-corrected chi connectivity index (χ4v) is 10.6. The van der Waals surface area contributed by atoms with Crippen LogP contribution in [-0.4, -0.2) is 34.2 Å². The van der Waals surface area contributed by atoms with Gasteiger partial charge in [-0.25, -0.2) is 4.79 Å². The summed E-state index contributed by atoms with van der Waals surface area (Å²) in [5.74, 6) is 2.39. The SMILES string of the molecule is O=C(NCc1cccc(-c2ccc([C@@H]3O[C@H](CN(Cc4ccccc4)Cc4ccccc4)C[C@H](c4ccc(CO)cc4)O3)cc2)c1)NC12CC3CC(CC(C3)C1)C2. The van der Waals surface area contributed by atoms with E-state index in [1.807, 2.05) is 12.1 Å². The number of nitrogens with one attached hydrogen (secondary N) is 2. The van der Waals surface area contributed by atoms with Gasteiger partial charge >= 0.3 is 6.03 Å². The summed E-state index contributed by atoms with van der Waals surface area (Å²) in [7, 11) is 0. The number of carbonyl (C=O) groups is 1. The van der Waals surface area contributed by atoms with E-state index in [0.717, 1.165) is 90.0 Å². The highest BCUT2D eigenvalue weighted by Gasteiger charge is 2.51. The van der Waals surface area contributed by atoms with Gasteiger partial charge in [0.2, 0.25) is 0 Å². The normalized spacial score (nSPS) is 26.4. The Bertz CT molecular complexity index is 2010. The van der Waals surface area contributed by atoms with Crippen LogP contribution in [0.4, 0.5) is 4.79 Å². The maximum atomic E-state index is 13.2. The minimum atomic E-state index is -0.543. The number of aliphatic hydroxyl groups is 1. The van der Waals surface area contributed by atoms with E-state index in [0.29, 0.717) is 13.0 Å². The molecule has 57 heavy (non-hydrogen) atoms. The Morgan fingerprint density at radius 1 is 0.632 bits per heavy atom. The van der Waals surface area contributed by atoms with Gasteiger partial charge in [-0.1, -0.05) is 127 Å². The third-order valence-corrected chi connectivity index (χ3v) is 12.9. The molecular formula is C50H55N3O4. The highest BCUT2D eigenvalue weighted by Crippen LogP contribution is 2.55. The Morgan fingerprint density at radius 3 is 1.84 bits per heavy atom. The average molecular weight is 762 g/mol.